The fourth-order valence-electron chi connectivity index (χ4n) is 2.63. The lowest BCUT2D eigenvalue weighted by molar-refractivity contribution is 0.102. The SMILES string of the molecule is Cc1ccc(-c2nc3c(C(=O)Nc4ccc(F)cc4)cccc3[nH]2)o1. The Hall–Kier alpha value is -3.41. The summed E-state index contributed by atoms with van der Waals surface area (Å²) in [4.78, 5) is 20.2. The van der Waals surface area contributed by atoms with Gasteiger partial charge in [0.15, 0.2) is 11.6 Å². The van der Waals surface area contributed by atoms with E-state index in [4.69, 9.17) is 4.42 Å². The molecule has 0 radical (unpaired) electrons. The molecule has 2 heterocycles. The number of amides is 1. The maximum absolute atomic E-state index is 13.0. The zero-order valence-corrected chi connectivity index (χ0v) is 13.3. The van der Waals surface area contributed by atoms with Gasteiger partial charge in [0.1, 0.15) is 17.1 Å². The van der Waals surface area contributed by atoms with Crippen LogP contribution in [0.3, 0.4) is 0 Å². The Morgan fingerprint density at radius 1 is 1.12 bits per heavy atom. The Labute approximate surface area is 142 Å². The van der Waals surface area contributed by atoms with Crippen LogP contribution in [0.25, 0.3) is 22.6 Å². The molecule has 0 bridgehead atoms. The van der Waals surface area contributed by atoms with Gasteiger partial charge in [0.05, 0.1) is 11.1 Å². The van der Waals surface area contributed by atoms with Gasteiger partial charge in [0.25, 0.3) is 5.91 Å². The van der Waals surface area contributed by atoms with Crippen LogP contribution in [0.1, 0.15) is 16.1 Å². The molecule has 0 spiro atoms. The first-order valence-corrected chi connectivity index (χ1v) is 7.72. The number of nitrogens with zero attached hydrogens (tertiary/aromatic N) is 1. The maximum Gasteiger partial charge on any atom is 0.257 e. The second kappa shape index (κ2) is 5.90. The van der Waals surface area contributed by atoms with Crippen molar-refractivity contribution in [3.05, 3.63) is 71.7 Å². The van der Waals surface area contributed by atoms with E-state index < -0.39 is 0 Å². The summed E-state index contributed by atoms with van der Waals surface area (Å²) in [6, 6.07) is 14.6. The number of H-pyrrole nitrogens is 1. The molecule has 0 aliphatic heterocycles. The van der Waals surface area contributed by atoms with Crippen molar-refractivity contribution in [1.82, 2.24) is 9.97 Å². The van der Waals surface area contributed by atoms with Crippen molar-refractivity contribution in [2.75, 3.05) is 5.32 Å². The number of rotatable bonds is 3. The minimum Gasteiger partial charge on any atom is -0.458 e. The predicted molar refractivity (Wildman–Crippen MR) is 92.9 cm³/mol. The highest BCUT2D eigenvalue weighted by atomic mass is 19.1. The maximum atomic E-state index is 13.0. The van der Waals surface area contributed by atoms with Gasteiger partial charge in [0.2, 0.25) is 0 Å². The summed E-state index contributed by atoms with van der Waals surface area (Å²) in [5, 5.41) is 2.75. The number of carbonyl (C=O) groups is 1. The van der Waals surface area contributed by atoms with E-state index >= 15 is 0 Å². The molecule has 5 nitrogen and oxygen atoms in total. The summed E-state index contributed by atoms with van der Waals surface area (Å²) in [6.45, 7) is 1.85. The highest BCUT2D eigenvalue weighted by Gasteiger charge is 2.16. The zero-order chi connectivity index (χ0) is 17.4. The number of hydrogen-bond acceptors (Lipinski definition) is 3. The first-order chi connectivity index (χ1) is 12.1. The van der Waals surface area contributed by atoms with E-state index in [9.17, 15) is 9.18 Å². The predicted octanol–water partition coefficient (Wildman–Crippen LogP) is 4.52. The van der Waals surface area contributed by atoms with Gasteiger partial charge in [0, 0.05) is 5.69 Å². The number of aromatic nitrogens is 2. The van der Waals surface area contributed by atoms with E-state index in [0.717, 1.165) is 11.3 Å². The van der Waals surface area contributed by atoms with E-state index in [1.807, 2.05) is 25.1 Å². The number of hydrogen-bond donors (Lipinski definition) is 2. The molecule has 124 valence electrons. The molecule has 0 atom stereocenters. The first-order valence-electron chi connectivity index (χ1n) is 7.72. The van der Waals surface area contributed by atoms with Crippen molar-refractivity contribution in [2.24, 2.45) is 0 Å². The minimum atomic E-state index is -0.356. The molecule has 1 amide bonds. The number of nitrogens with one attached hydrogen (secondary N) is 2. The average Bonchev–Trinajstić information content (AvgIpc) is 3.22. The summed E-state index contributed by atoms with van der Waals surface area (Å²) < 4.78 is 18.6. The van der Waals surface area contributed by atoms with Gasteiger partial charge >= 0.3 is 0 Å². The molecule has 0 fully saturated rings. The Balaban J connectivity index is 1.70. The van der Waals surface area contributed by atoms with Gasteiger partial charge < -0.3 is 14.7 Å². The van der Waals surface area contributed by atoms with Crippen LogP contribution in [0.5, 0.6) is 0 Å². The molecule has 2 N–H and O–H groups in total. The van der Waals surface area contributed by atoms with Crippen molar-refractivity contribution in [3.8, 4) is 11.6 Å². The third-order valence-electron chi connectivity index (χ3n) is 3.83. The number of imidazole rings is 1. The fourth-order valence-corrected chi connectivity index (χ4v) is 2.63. The number of carbonyl (C=O) groups excluding carboxylic acids is 1. The number of benzene rings is 2. The van der Waals surface area contributed by atoms with Crippen molar-refractivity contribution in [1.29, 1.82) is 0 Å². The Morgan fingerprint density at radius 3 is 2.64 bits per heavy atom. The van der Waals surface area contributed by atoms with E-state index in [-0.39, 0.29) is 11.7 Å². The topological polar surface area (TPSA) is 70.9 Å². The number of aromatic amines is 1. The summed E-state index contributed by atoms with van der Waals surface area (Å²) in [7, 11) is 0. The molecule has 4 rings (SSSR count). The van der Waals surface area contributed by atoms with Crippen LogP contribution in [0.2, 0.25) is 0 Å². The molecule has 0 unspecified atom stereocenters. The molecule has 0 saturated heterocycles. The van der Waals surface area contributed by atoms with E-state index in [1.165, 1.54) is 24.3 Å². The molecular formula is C19H14FN3O2. The average molecular weight is 335 g/mol. The van der Waals surface area contributed by atoms with Crippen LogP contribution < -0.4 is 5.32 Å². The van der Waals surface area contributed by atoms with Gasteiger partial charge in [-0.05, 0) is 55.5 Å². The molecule has 0 aliphatic rings. The number of para-hydroxylation sites is 1. The Kier molecular flexibility index (Phi) is 3.57. The first kappa shape index (κ1) is 15.1. The summed E-state index contributed by atoms with van der Waals surface area (Å²) >= 11 is 0. The molecule has 6 heteroatoms. The number of fused-ring (bicyclic) bond motifs is 1. The summed E-state index contributed by atoms with van der Waals surface area (Å²) in [5.41, 5.74) is 2.22. The monoisotopic (exact) mass is 335 g/mol. The molecule has 4 aromatic rings. The van der Waals surface area contributed by atoms with Crippen LogP contribution >= 0.6 is 0 Å². The van der Waals surface area contributed by atoms with Crippen LogP contribution in [-0.2, 0) is 0 Å². The van der Waals surface area contributed by atoms with E-state index in [2.05, 4.69) is 15.3 Å². The molecule has 0 saturated carbocycles. The second-order valence-corrected chi connectivity index (χ2v) is 5.66. The lowest BCUT2D eigenvalue weighted by atomic mass is 10.1. The smallest absolute Gasteiger partial charge is 0.257 e. The second-order valence-electron chi connectivity index (χ2n) is 5.66. The quantitative estimate of drug-likeness (QED) is 0.578. The third-order valence-corrected chi connectivity index (χ3v) is 3.83. The lowest BCUT2D eigenvalue weighted by Gasteiger charge is -2.05. The highest BCUT2D eigenvalue weighted by Crippen LogP contribution is 2.25. The fraction of sp³-hybridized carbons (Fsp3) is 0.0526. The van der Waals surface area contributed by atoms with Gasteiger partial charge in [-0.25, -0.2) is 9.37 Å². The Morgan fingerprint density at radius 2 is 1.92 bits per heavy atom. The van der Waals surface area contributed by atoms with Crippen LogP contribution in [0.4, 0.5) is 10.1 Å². The highest BCUT2D eigenvalue weighted by molar-refractivity contribution is 6.11. The van der Waals surface area contributed by atoms with Gasteiger partial charge in [-0.2, -0.15) is 0 Å². The van der Waals surface area contributed by atoms with Gasteiger partial charge in [-0.15, -0.1) is 0 Å². The van der Waals surface area contributed by atoms with Crippen molar-refractivity contribution >= 4 is 22.6 Å². The molecule has 2 aromatic heterocycles. The molecule has 0 aliphatic carbocycles. The molecule has 25 heavy (non-hydrogen) atoms. The van der Waals surface area contributed by atoms with Gasteiger partial charge in [-0.1, -0.05) is 6.07 Å². The van der Waals surface area contributed by atoms with Crippen molar-refractivity contribution in [2.45, 2.75) is 6.92 Å². The number of halogens is 1. The van der Waals surface area contributed by atoms with E-state index in [1.54, 1.807) is 12.1 Å². The van der Waals surface area contributed by atoms with Crippen LogP contribution in [0, 0.1) is 12.7 Å². The standard InChI is InChI=1S/C19H14FN3O2/c1-11-5-10-16(25-11)18-22-15-4-2-3-14(17(15)23-18)19(24)21-13-8-6-12(20)7-9-13/h2-10H,1H3,(H,21,24)(H,22,23). The Bertz CT molecular complexity index is 1060. The zero-order valence-electron chi connectivity index (χ0n) is 13.3. The van der Waals surface area contributed by atoms with Gasteiger partial charge in [-0.3, -0.25) is 4.79 Å². The minimum absolute atomic E-state index is 0.314. The lowest BCUT2D eigenvalue weighted by Crippen LogP contribution is -2.12. The van der Waals surface area contributed by atoms with E-state index in [0.29, 0.717) is 28.4 Å². The molecule has 2 aromatic carbocycles. The normalized spacial score (nSPS) is 11.0. The largest absolute Gasteiger partial charge is 0.458 e. The summed E-state index contributed by atoms with van der Waals surface area (Å²) in [6.07, 6.45) is 0. The number of furan rings is 1. The van der Waals surface area contributed by atoms with Crippen LogP contribution in [-0.4, -0.2) is 15.9 Å². The van der Waals surface area contributed by atoms with Crippen LogP contribution in [0.15, 0.2) is 59.0 Å². The third kappa shape index (κ3) is 2.89. The van der Waals surface area contributed by atoms with Crippen molar-refractivity contribution < 1.29 is 13.6 Å². The molecular weight excluding hydrogens is 321 g/mol. The van der Waals surface area contributed by atoms with Crippen molar-refractivity contribution in [3.63, 3.8) is 0 Å². The summed E-state index contributed by atoms with van der Waals surface area (Å²) in [5.74, 6) is 1.28. The number of aryl methyl sites for hydroxylation is 1. The number of anilines is 1.